The summed E-state index contributed by atoms with van der Waals surface area (Å²) in [6.45, 7) is 2.84. The molecular weight excluding hydrogens is 486 g/mol. The van der Waals surface area contributed by atoms with Gasteiger partial charge in [0, 0.05) is 44.9 Å². The molecule has 2 aromatic carbocycles. The number of carbonyl (C=O) groups excluding carboxylic acids is 1. The highest BCUT2D eigenvalue weighted by atomic mass is 35.5. The van der Waals surface area contributed by atoms with E-state index in [1.807, 2.05) is 30.7 Å². The first-order valence-electron chi connectivity index (χ1n) is 10.1. The molecule has 3 rings (SSSR count). The van der Waals surface area contributed by atoms with Crippen molar-refractivity contribution in [1.82, 2.24) is 8.87 Å². The second-order valence-corrected chi connectivity index (χ2v) is 10.6. The number of halogens is 1. The maximum atomic E-state index is 13.0. The average Bonchev–Trinajstić information content (AvgIpc) is 3.12. The number of fused-ring (bicyclic) bond motifs is 1. The number of rotatable bonds is 9. The minimum Gasteiger partial charge on any atom is -0.383 e. The number of hydrogen-bond acceptors (Lipinski definition) is 6. The third-order valence-corrected chi connectivity index (χ3v) is 8.60. The van der Waals surface area contributed by atoms with Crippen LogP contribution in [-0.2, 0) is 26.5 Å². The minimum absolute atomic E-state index is 0.0870. The Labute approximate surface area is 202 Å². The predicted octanol–water partition coefficient (Wildman–Crippen LogP) is 3.23. The first kappa shape index (κ1) is 25.5. The van der Waals surface area contributed by atoms with Crippen LogP contribution >= 0.6 is 22.9 Å². The second-order valence-electron chi connectivity index (χ2n) is 7.29. The van der Waals surface area contributed by atoms with Crippen molar-refractivity contribution in [3.05, 3.63) is 57.3 Å². The van der Waals surface area contributed by atoms with Gasteiger partial charge in [0.2, 0.25) is 10.0 Å². The molecule has 0 aliphatic rings. The zero-order chi connectivity index (χ0) is 24.2. The SMILES string of the molecule is COCCN(CCOC)S(=O)(=O)c1ccc(C(=O)N=c2sc3ccc(Cl)c(C)c3n2C)cc1. The van der Waals surface area contributed by atoms with E-state index in [1.165, 1.54) is 54.1 Å². The maximum absolute atomic E-state index is 13.0. The number of amides is 1. The molecule has 3 aromatic rings. The number of hydrogen-bond donors (Lipinski definition) is 0. The summed E-state index contributed by atoms with van der Waals surface area (Å²) in [4.78, 5) is 17.6. The van der Waals surface area contributed by atoms with Crippen LogP contribution in [0.5, 0.6) is 0 Å². The Morgan fingerprint density at radius 2 is 1.70 bits per heavy atom. The fourth-order valence-corrected chi connectivity index (χ4v) is 5.96. The average molecular weight is 512 g/mol. The molecule has 0 saturated heterocycles. The monoisotopic (exact) mass is 511 g/mol. The van der Waals surface area contributed by atoms with Gasteiger partial charge in [0.15, 0.2) is 4.80 Å². The van der Waals surface area contributed by atoms with E-state index < -0.39 is 15.9 Å². The predicted molar refractivity (Wildman–Crippen MR) is 129 cm³/mol. The molecule has 0 atom stereocenters. The summed E-state index contributed by atoms with van der Waals surface area (Å²) < 4.78 is 40.2. The van der Waals surface area contributed by atoms with Crippen molar-refractivity contribution >= 4 is 49.1 Å². The Morgan fingerprint density at radius 1 is 1.09 bits per heavy atom. The number of aromatic nitrogens is 1. The first-order chi connectivity index (χ1) is 15.7. The summed E-state index contributed by atoms with van der Waals surface area (Å²) in [6.07, 6.45) is 0. The van der Waals surface area contributed by atoms with Crippen LogP contribution in [0.15, 0.2) is 46.3 Å². The quantitative estimate of drug-likeness (QED) is 0.440. The lowest BCUT2D eigenvalue weighted by Gasteiger charge is -2.21. The molecule has 0 saturated carbocycles. The van der Waals surface area contributed by atoms with Crippen LogP contribution in [0.25, 0.3) is 10.2 Å². The third kappa shape index (κ3) is 5.53. The van der Waals surface area contributed by atoms with Crippen molar-refractivity contribution < 1.29 is 22.7 Å². The smallest absolute Gasteiger partial charge is 0.279 e. The van der Waals surface area contributed by atoms with Gasteiger partial charge in [0.1, 0.15) is 0 Å². The van der Waals surface area contributed by atoms with E-state index in [0.717, 1.165) is 15.8 Å². The highest BCUT2D eigenvalue weighted by molar-refractivity contribution is 7.89. The summed E-state index contributed by atoms with van der Waals surface area (Å²) in [5, 5.41) is 0.649. The number of ether oxygens (including phenoxy) is 2. The summed E-state index contributed by atoms with van der Waals surface area (Å²) in [5.74, 6) is -0.458. The van der Waals surface area contributed by atoms with E-state index in [9.17, 15) is 13.2 Å². The number of benzene rings is 2. The molecule has 178 valence electrons. The second kappa shape index (κ2) is 10.9. The molecule has 0 aliphatic heterocycles. The van der Waals surface area contributed by atoms with Crippen molar-refractivity contribution in [2.45, 2.75) is 11.8 Å². The molecule has 0 spiro atoms. The van der Waals surface area contributed by atoms with E-state index in [2.05, 4.69) is 4.99 Å². The highest BCUT2D eigenvalue weighted by Crippen LogP contribution is 2.26. The molecule has 0 unspecified atom stereocenters. The van der Waals surface area contributed by atoms with Crippen LogP contribution in [0.1, 0.15) is 15.9 Å². The Morgan fingerprint density at radius 3 is 2.27 bits per heavy atom. The van der Waals surface area contributed by atoms with Crippen molar-refractivity contribution in [2.75, 3.05) is 40.5 Å². The molecule has 1 aromatic heterocycles. The van der Waals surface area contributed by atoms with E-state index in [0.29, 0.717) is 15.4 Å². The third-order valence-electron chi connectivity index (χ3n) is 5.18. The minimum atomic E-state index is -3.76. The number of methoxy groups -OCH3 is 2. The summed E-state index contributed by atoms with van der Waals surface area (Å²) in [5.41, 5.74) is 2.14. The zero-order valence-corrected chi connectivity index (χ0v) is 21.3. The highest BCUT2D eigenvalue weighted by Gasteiger charge is 2.24. The van der Waals surface area contributed by atoms with E-state index >= 15 is 0 Å². The fraction of sp³-hybridized carbons (Fsp3) is 0.364. The molecule has 0 N–H and O–H groups in total. The molecule has 1 heterocycles. The van der Waals surface area contributed by atoms with Crippen molar-refractivity contribution in [3.63, 3.8) is 0 Å². The fourth-order valence-electron chi connectivity index (χ4n) is 3.32. The van der Waals surface area contributed by atoms with Gasteiger partial charge in [-0.15, -0.1) is 0 Å². The Bertz CT molecular complexity index is 1310. The maximum Gasteiger partial charge on any atom is 0.279 e. The topological polar surface area (TPSA) is 90.2 Å². The Kier molecular flexibility index (Phi) is 8.43. The molecule has 1 amide bonds. The molecule has 8 nitrogen and oxygen atoms in total. The zero-order valence-electron chi connectivity index (χ0n) is 18.9. The van der Waals surface area contributed by atoms with E-state index in [4.69, 9.17) is 21.1 Å². The molecule has 33 heavy (non-hydrogen) atoms. The molecule has 0 fully saturated rings. The molecular formula is C22H26ClN3O5S2. The van der Waals surface area contributed by atoms with Crippen LogP contribution in [0.4, 0.5) is 0 Å². The van der Waals surface area contributed by atoms with Gasteiger partial charge < -0.3 is 14.0 Å². The van der Waals surface area contributed by atoms with Crippen molar-refractivity contribution in [2.24, 2.45) is 12.0 Å². The summed E-state index contributed by atoms with van der Waals surface area (Å²) in [7, 11) is 1.09. The van der Waals surface area contributed by atoms with Gasteiger partial charge in [0.05, 0.1) is 28.3 Å². The van der Waals surface area contributed by atoms with Crippen molar-refractivity contribution in [1.29, 1.82) is 0 Å². The molecule has 11 heteroatoms. The number of aryl methyl sites for hydroxylation is 2. The van der Waals surface area contributed by atoms with Gasteiger partial charge in [-0.2, -0.15) is 9.30 Å². The van der Waals surface area contributed by atoms with E-state index in [-0.39, 0.29) is 31.2 Å². The standard InChI is InChI=1S/C22H26ClN3O5S2/c1-15-18(23)9-10-19-20(15)25(2)22(32-19)24-21(27)16-5-7-17(8-6-16)33(28,29)26(11-13-30-3)12-14-31-4/h5-10H,11-14H2,1-4H3. The summed E-state index contributed by atoms with van der Waals surface area (Å²) >= 11 is 7.61. The van der Waals surface area contributed by atoms with Crippen LogP contribution in [0.2, 0.25) is 5.02 Å². The van der Waals surface area contributed by atoms with Crippen LogP contribution in [-0.4, -0.2) is 63.7 Å². The Hall–Kier alpha value is -2.08. The van der Waals surface area contributed by atoms with Gasteiger partial charge in [-0.05, 0) is 48.9 Å². The number of thiazole rings is 1. The lowest BCUT2D eigenvalue weighted by Crippen LogP contribution is -2.36. The molecule has 0 radical (unpaired) electrons. The van der Waals surface area contributed by atoms with Gasteiger partial charge >= 0.3 is 0 Å². The lowest BCUT2D eigenvalue weighted by atomic mass is 10.2. The first-order valence-corrected chi connectivity index (χ1v) is 12.8. The largest absolute Gasteiger partial charge is 0.383 e. The summed E-state index contributed by atoms with van der Waals surface area (Å²) in [6, 6.07) is 9.50. The van der Waals surface area contributed by atoms with Crippen molar-refractivity contribution in [3.8, 4) is 0 Å². The van der Waals surface area contributed by atoms with Crippen LogP contribution < -0.4 is 4.80 Å². The van der Waals surface area contributed by atoms with Crippen LogP contribution in [0, 0.1) is 6.92 Å². The number of sulfonamides is 1. The molecule has 0 bridgehead atoms. The van der Waals surface area contributed by atoms with Gasteiger partial charge in [-0.1, -0.05) is 22.9 Å². The van der Waals surface area contributed by atoms with E-state index in [1.54, 1.807) is 0 Å². The number of carbonyl (C=O) groups is 1. The number of nitrogens with zero attached hydrogens (tertiary/aromatic N) is 3. The van der Waals surface area contributed by atoms with Gasteiger partial charge in [0.25, 0.3) is 5.91 Å². The normalized spacial score (nSPS) is 12.7. The lowest BCUT2D eigenvalue weighted by molar-refractivity contribution is 0.0998. The molecule has 0 aliphatic carbocycles. The van der Waals surface area contributed by atoms with Gasteiger partial charge in [-0.25, -0.2) is 8.42 Å². The van der Waals surface area contributed by atoms with Crippen LogP contribution in [0.3, 0.4) is 0 Å². The Balaban J connectivity index is 1.89. The van der Waals surface area contributed by atoms with Gasteiger partial charge in [-0.3, -0.25) is 4.79 Å².